The number of benzene rings is 1. The fourth-order valence-corrected chi connectivity index (χ4v) is 2.04. The molecular formula is C15H24ClN3O. The molecule has 112 valence electrons. The van der Waals surface area contributed by atoms with E-state index >= 15 is 0 Å². The van der Waals surface area contributed by atoms with Gasteiger partial charge in [0.15, 0.2) is 0 Å². The second kappa shape index (κ2) is 9.61. The maximum atomic E-state index is 11.6. The van der Waals surface area contributed by atoms with Crippen LogP contribution in [0, 0.1) is 0 Å². The van der Waals surface area contributed by atoms with Crippen LogP contribution in [0.3, 0.4) is 0 Å². The van der Waals surface area contributed by atoms with Gasteiger partial charge in [0, 0.05) is 17.3 Å². The molecule has 0 saturated carbocycles. The lowest BCUT2D eigenvalue weighted by Crippen LogP contribution is -2.30. The first-order valence-electron chi connectivity index (χ1n) is 7.18. The van der Waals surface area contributed by atoms with E-state index in [1.54, 1.807) is 24.3 Å². The number of hydrogen-bond donors (Lipinski definition) is 2. The zero-order valence-corrected chi connectivity index (χ0v) is 13.0. The Balaban J connectivity index is 2.13. The molecule has 1 aromatic rings. The van der Waals surface area contributed by atoms with Crippen LogP contribution in [0.2, 0.25) is 5.02 Å². The Morgan fingerprint density at radius 1 is 1.15 bits per heavy atom. The summed E-state index contributed by atoms with van der Waals surface area (Å²) in [5.41, 5.74) is 0.745. The van der Waals surface area contributed by atoms with Gasteiger partial charge in [-0.3, -0.25) is 0 Å². The molecule has 0 heterocycles. The monoisotopic (exact) mass is 297 g/mol. The van der Waals surface area contributed by atoms with Crippen LogP contribution < -0.4 is 10.6 Å². The average Bonchev–Trinajstić information content (AvgIpc) is 2.45. The van der Waals surface area contributed by atoms with E-state index < -0.39 is 0 Å². The Morgan fingerprint density at radius 3 is 2.40 bits per heavy atom. The number of hydrogen-bond acceptors (Lipinski definition) is 2. The van der Waals surface area contributed by atoms with Crippen molar-refractivity contribution in [2.75, 3.05) is 31.5 Å². The number of carbonyl (C=O) groups is 1. The van der Waals surface area contributed by atoms with E-state index in [1.807, 2.05) is 0 Å². The zero-order chi connectivity index (χ0) is 14.8. The molecule has 1 aromatic carbocycles. The van der Waals surface area contributed by atoms with Crippen LogP contribution in [0.1, 0.15) is 26.7 Å². The maximum Gasteiger partial charge on any atom is 0.319 e. The maximum absolute atomic E-state index is 11.6. The molecule has 5 heteroatoms. The number of amides is 2. The van der Waals surface area contributed by atoms with Crippen molar-refractivity contribution in [1.29, 1.82) is 0 Å². The van der Waals surface area contributed by atoms with Crippen molar-refractivity contribution in [3.63, 3.8) is 0 Å². The molecule has 1 rings (SSSR count). The zero-order valence-electron chi connectivity index (χ0n) is 12.3. The summed E-state index contributed by atoms with van der Waals surface area (Å²) in [6, 6.07) is 6.89. The SMILES string of the molecule is CCN(CC)CCCCNC(=O)Nc1ccc(Cl)cc1. The van der Waals surface area contributed by atoms with Gasteiger partial charge in [-0.25, -0.2) is 4.79 Å². The van der Waals surface area contributed by atoms with Crippen molar-refractivity contribution in [3.05, 3.63) is 29.3 Å². The Bertz CT molecular complexity index is 391. The number of unbranched alkanes of at least 4 members (excludes halogenated alkanes) is 1. The number of anilines is 1. The average molecular weight is 298 g/mol. The van der Waals surface area contributed by atoms with Crippen LogP contribution in [-0.4, -0.2) is 37.1 Å². The van der Waals surface area contributed by atoms with E-state index in [-0.39, 0.29) is 6.03 Å². The second-order valence-electron chi connectivity index (χ2n) is 4.62. The van der Waals surface area contributed by atoms with Gasteiger partial charge < -0.3 is 15.5 Å². The molecule has 0 fully saturated rings. The molecule has 0 aliphatic heterocycles. The molecule has 0 saturated heterocycles. The third-order valence-electron chi connectivity index (χ3n) is 3.18. The molecule has 0 bridgehead atoms. The predicted molar refractivity (Wildman–Crippen MR) is 85.5 cm³/mol. The highest BCUT2D eigenvalue weighted by Gasteiger charge is 2.02. The van der Waals surface area contributed by atoms with Crippen molar-refractivity contribution in [3.8, 4) is 0 Å². The van der Waals surface area contributed by atoms with Crippen molar-refractivity contribution in [2.45, 2.75) is 26.7 Å². The lowest BCUT2D eigenvalue weighted by atomic mass is 10.3. The highest BCUT2D eigenvalue weighted by atomic mass is 35.5. The lowest BCUT2D eigenvalue weighted by molar-refractivity contribution is 0.251. The Morgan fingerprint density at radius 2 is 1.80 bits per heavy atom. The third kappa shape index (κ3) is 6.78. The van der Waals surface area contributed by atoms with Crippen molar-refractivity contribution < 1.29 is 4.79 Å². The van der Waals surface area contributed by atoms with E-state index in [9.17, 15) is 4.79 Å². The van der Waals surface area contributed by atoms with Crippen LogP contribution in [0.25, 0.3) is 0 Å². The molecule has 20 heavy (non-hydrogen) atoms. The van der Waals surface area contributed by atoms with E-state index in [2.05, 4.69) is 29.4 Å². The van der Waals surface area contributed by atoms with Gasteiger partial charge >= 0.3 is 6.03 Å². The smallest absolute Gasteiger partial charge is 0.319 e. The summed E-state index contributed by atoms with van der Waals surface area (Å²) in [7, 11) is 0. The fourth-order valence-electron chi connectivity index (χ4n) is 1.91. The van der Waals surface area contributed by atoms with Crippen molar-refractivity contribution in [2.24, 2.45) is 0 Å². The van der Waals surface area contributed by atoms with Gasteiger partial charge in [0.25, 0.3) is 0 Å². The lowest BCUT2D eigenvalue weighted by Gasteiger charge is -2.17. The van der Waals surface area contributed by atoms with E-state index in [4.69, 9.17) is 11.6 Å². The number of urea groups is 1. The standard InChI is InChI=1S/C15H24ClN3O/c1-3-19(4-2)12-6-5-11-17-15(20)18-14-9-7-13(16)8-10-14/h7-10H,3-6,11-12H2,1-2H3,(H2,17,18,20). The Labute approximate surface area is 126 Å². The highest BCUT2D eigenvalue weighted by molar-refractivity contribution is 6.30. The summed E-state index contributed by atoms with van der Waals surface area (Å²) in [6.07, 6.45) is 2.09. The van der Waals surface area contributed by atoms with Crippen LogP contribution in [0.4, 0.5) is 10.5 Å². The molecule has 4 nitrogen and oxygen atoms in total. The molecule has 0 atom stereocenters. The number of carbonyl (C=O) groups excluding carboxylic acids is 1. The Hall–Kier alpha value is -1.26. The van der Waals surface area contributed by atoms with E-state index in [1.165, 1.54) is 0 Å². The van der Waals surface area contributed by atoms with Gasteiger partial charge in [-0.1, -0.05) is 25.4 Å². The summed E-state index contributed by atoms with van der Waals surface area (Å²) in [6.45, 7) is 8.29. The summed E-state index contributed by atoms with van der Waals surface area (Å²) in [5.74, 6) is 0. The third-order valence-corrected chi connectivity index (χ3v) is 3.44. The topological polar surface area (TPSA) is 44.4 Å². The largest absolute Gasteiger partial charge is 0.338 e. The first kappa shape index (κ1) is 16.8. The highest BCUT2D eigenvalue weighted by Crippen LogP contribution is 2.12. The molecule has 2 amide bonds. The Kier molecular flexibility index (Phi) is 8.07. The van der Waals surface area contributed by atoms with Crippen LogP contribution in [-0.2, 0) is 0 Å². The van der Waals surface area contributed by atoms with Gasteiger partial charge in [0.1, 0.15) is 0 Å². The summed E-state index contributed by atoms with van der Waals surface area (Å²) < 4.78 is 0. The molecule has 0 aliphatic rings. The van der Waals surface area contributed by atoms with Crippen LogP contribution in [0.5, 0.6) is 0 Å². The predicted octanol–water partition coefficient (Wildman–Crippen LogP) is 3.58. The van der Waals surface area contributed by atoms with Crippen molar-refractivity contribution in [1.82, 2.24) is 10.2 Å². The van der Waals surface area contributed by atoms with Gasteiger partial charge in [-0.05, 0) is 56.7 Å². The van der Waals surface area contributed by atoms with Gasteiger partial charge in [0.2, 0.25) is 0 Å². The molecular weight excluding hydrogens is 274 g/mol. The molecule has 0 radical (unpaired) electrons. The van der Waals surface area contributed by atoms with Crippen LogP contribution >= 0.6 is 11.6 Å². The van der Waals surface area contributed by atoms with Gasteiger partial charge in [-0.15, -0.1) is 0 Å². The van der Waals surface area contributed by atoms with Crippen molar-refractivity contribution >= 4 is 23.3 Å². The normalized spacial score (nSPS) is 10.6. The summed E-state index contributed by atoms with van der Waals surface area (Å²) in [5, 5.41) is 6.29. The molecule has 2 N–H and O–H groups in total. The molecule has 0 spiro atoms. The minimum absolute atomic E-state index is 0.171. The minimum Gasteiger partial charge on any atom is -0.338 e. The van der Waals surface area contributed by atoms with Gasteiger partial charge in [0.05, 0.1) is 0 Å². The van der Waals surface area contributed by atoms with Gasteiger partial charge in [-0.2, -0.15) is 0 Å². The minimum atomic E-state index is -0.171. The second-order valence-corrected chi connectivity index (χ2v) is 5.06. The molecule has 0 aliphatic carbocycles. The fraction of sp³-hybridized carbons (Fsp3) is 0.533. The molecule has 0 unspecified atom stereocenters. The number of nitrogens with zero attached hydrogens (tertiary/aromatic N) is 1. The van der Waals surface area contributed by atoms with E-state index in [0.717, 1.165) is 38.2 Å². The summed E-state index contributed by atoms with van der Waals surface area (Å²) in [4.78, 5) is 14.0. The summed E-state index contributed by atoms with van der Waals surface area (Å²) >= 11 is 5.78. The number of rotatable bonds is 8. The first-order chi connectivity index (χ1) is 9.65. The number of nitrogens with one attached hydrogen (secondary N) is 2. The first-order valence-corrected chi connectivity index (χ1v) is 7.56. The molecule has 0 aromatic heterocycles. The number of halogens is 1. The van der Waals surface area contributed by atoms with E-state index in [0.29, 0.717) is 11.6 Å². The quantitative estimate of drug-likeness (QED) is 0.720. The van der Waals surface area contributed by atoms with Crippen LogP contribution in [0.15, 0.2) is 24.3 Å².